The second-order valence-electron chi connectivity index (χ2n) is 2.49. The van der Waals surface area contributed by atoms with Crippen LogP contribution in [0.15, 0.2) is 23.8 Å². The highest BCUT2D eigenvalue weighted by Crippen LogP contribution is 2.20. The molecule has 0 saturated carbocycles. The highest BCUT2D eigenvalue weighted by atomic mass is 127. The summed E-state index contributed by atoms with van der Waals surface area (Å²) >= 11 is 2.07. The number of phenols is 1. The van der Waals surface area contributed by atoms with Gasteiger partial charge in [-0.25, -0.2) is 0 Å². The van der Waals surface area contributed by atoms with Crippen LogP contribution in [0.25, 0.3) is 6.08 Å². The molecular weight excluding hydrogens is 291 g/mol. The Labute approximate surface area is 95.0 Å². The van der Waals surface area contributed by atoms with Gasteiger partial charge in [-0.1, -0.05) is 0 Å². The van der Waals surface area contributed by atoms with Gasteiger partial charge >= 0.3 is 0 Å². The summed E-state index contributed by atoms with van der Waals surface area (Å²) in [4.78, 5) is 0. The molecule has 0 radical (unpaired) electrons. The molecule has 0 atom stereocenters. The van der Waals surface area contributed by atoms with Crippen molar-refractivity contribution in [2.75, 3.05) is 0 Å². The van der Waals surface area contributed by atoms with E-state index in [9.17, 15) is 5.11 Å². The molecule has 0 aliphatic carbocycles. The fourth-order valence-electron chi connectivity index (χ4n) is 0.887. The highest BCUT2D eigenvalue weighted by Gasteiger charge is 2.00. The molecule has 0 spiro atoms. The summed E-state index contributed by atoms with van der Waals surface area (Å²) in [6.07, 6.45) is 1.45. The molecule has 0 unspecified atom stereocenters. The van der Waals surface area contributed by atoms with Crippen LogP contribution in [0.1, 0.15) is 5.56 Å². The summed E-state index contributed by atoms with van der Waals surface area (Å²) < 4.78 is 0.878. The maximum absolute atomic E-state index is 9.20. The Bertz CT molecular complexity index is 450. The van der Waals surface area contributed by atoms with Gasteiger partial charge in [0.2, 0.25) is 0 Å². The minimum atomic E-state index is 0.0218. The lowest BCUT2D eigenvalue weighted by Gasteiger charge is -1.98. The molecule has 1 aromatic rings. The quantitative estimate of drug-likeness (QED) is 0.639. The van der Waals surface area contributed by atoms with Gasteiger partial charge in [0.15, 0.2) is 0 Å². The van der Waals surface area contributed by atoms with E-state index in [4.69, 9.17) is 10.5 Å². The van der Waals surface area contributed by atoms with E-state index in [1.807, 2.05) is 0 Å². The van der Waals surface area contributed by atoms with Crippen molar-refractivity contribution >= 4 is 28.7 Å². The van der Waals surface area contributed by atoms with Gasteiger partial charge in [0, 0.05) is 3.57 Å². The summed E-state index contributed by atoms with van der Waals surface area (Å²) in [6, 6.07) is 8.30. The van der Waals surface area contributed by atoms with E-state index in [1.54, 1.807) is 24.3 Å². The van der Waals surface area contributed by atoms with Crippen molar-refractivity contribution in [3.05, 3.63) is 32.9 Å². The largest absolute Gasteiger partial charge is 0.508 e. The van der Waals surface area contributed by atoms with Gasteiger partial charge in [-0.05, 0) is 52.4 Å². The number of hydrogen-bond acceptors (Lipinski definition) is 3. The highest BCUT2D eigenvalue weighted by molar-refractivity contribution is 14.1. The van der Waals surface area contributed by atoms with Gasteiger partial charge < -0.3 is 5.11 Å². The fourth-order valence-corrected chi connectivity index (χ4v) is 1.38. The number of aromatic hydroxyl groups is 1. The molecule has 0 fully saturated rings. The lowest BCUT2D eigenvalue weighted by molar-refractivity contribution is 0.475. The Morgan fingerprint density at radius 2 is 2.00 bits per heavy atom. The number of benzene rings is 1. The zero-order valence-electron chi connectivity index (χ0n) is 7.03. The Morgan fingerprint density at radius 1 is 1.36 bits per heavy atom. The lowest BCUT2D eigenvalue weighted by atomic mass is 10.1. The van der Waals surface area contributed by atoms with Crippen LogP contribution in [0, 0.1) is 26.2 Å². The Hall–Kier alpha value is -1.53. The number of allylic oxidation sites excluding steroid dienone is 1. The molecule has 1 N–H and O–H groups in total. The van der Waals surface area contributed by atoms with Gasteiger partial charge in [0.25, 0.3) is 0 Å². The smallest absolute Gasteiger partial charge is 0.130 e. The van der Waals surface area contributed by atoms with E-state index >= 15 is 0 Å². The first-order chi connectivity index (χ1) is 6.67. The Balaban J connectivity index is 3.22. The van der Waals surface area contributed by atoms with Crippen molar-refractivity contribution in [2.24, 2.45) is 0 Å². The molecule has 0 aliphatic heterocycles. The zero-order chi connectivity index (χ0) is 10.6. The van der Waals surface area contributed by atoms with Crippen LogP contribution < -0.4 is 0 Å². The molecule has 1 aromatic carbocycles. The minimum Gasteiger partial charge on any atom is -0.508 e. The van der Waals surface area contributed by atoms with Crippen LogP contribution in [-0.4, -0.2) is 5.11 Å². The predicted molar refractivity (Wildman–Crippen MR) is 60.0 cm³/mol. The molecule has 0 amide bonds. The van der Waals surface area contributed by atoms with Gasteiger partial charge in [0.05, 0.1) is 0 Å². The van der Waals surface area contributed by atoms with Gasteiger partial charge in [0.1, 0.15) is 23.5 Å². The van der Waals surface area contributed by atoms with E-state index in [1.165, 1.54) is 12.1 Å². The summed E-state index contributed by atoms with van der Waals surface area (Å²) in [7, 11) is 0. The number of nitrogens with zero attached hydrogens (tertiary/aromatic N) is 2. The molecule has 0 bridgehead atoms. The SMILES string of the molecule is N#CC(C#N)=Cc1cc(O)ccc1I. The molecule has 3 nitrogen and oxygen atoms in total. The van der Waals surface area contributed by atoms with Crippen molar-refractivity contribution < 1.29 is 5.11 Å². The topological polar surface area (TPSA) is 67.8 Å². The van der Waals surface area contributed by atoms with E-state index in [0.717, 1.165) is 3.57 Å². The van der Waals surface area contributed by atoms with Gasteiger partial charge in [-0.3, -0.25) is 0 Å². The molecule has 0 aromatic heterocycles. The van der Waals surface area contributed by atoms with E-state index < -0.39 is 0 Å². The number of nitriles is 2. The fraction of sp³-hybridized carbons (Fsp3) is 0. The van der Waals surface area contributed by atoms with Crippen LogP contribution in [-0.2, 0) is 0 Å². The summed E-state index contributed by atoms with van der Waals surface area (Å²) in [5, 5.41) is 26.3. The van der Waals surface area contributed by atoms with Crippen LogP contribution in [0.4, 0.5) is 0 Å². The summed E-state index contributed by atoms with van der Waals surface area (Å²) in [5.74, 6) is 0.117. The maximum Gasteiger partial charge on any atom is 0.130 e. The average Bonchev–Trinajstić information content (AvgIpc) is 2.19. The molecule has 0 aliphatic rings. The van der Waals surface area contributed by atoms with Crippen LogP contribution in [0.3, 0.4) is 0 Å². The first-order valence-electron chi connectivity index (χ1n) is 3.68. The molecule has 1 rings (SSSR count). The van der Waals surface area contributed by atoms with Crippen molar-refractivity contribution in [2.45, 2.75) is 0 Å². The molecule has 14 heavy (non-hydrogen) atoms. The molecular formula is C10H5IN2O. The van der Waals surface area contributed by atoms with Crippen molar-refractivity contribution in [1.82, 2.24) is 0 Å². The molecule has 4 heteroatoms. The molecule has 0 heterocycles. The second-order valence-corrected chi connectivity index (χ2v) is 3.65. The average molecular weight is 296 g/mol. The zero-order valence-corrected chi connectivity index (χ0v) is 9.19. The first-order valence-corrected chi connectivity index (χ1v) is 4.75. The van der Waals surface area contributed by atoms with Gasteiger partial charge in [-0.15, -0.1) is 0 Å². The Kier molecular flexibility index (Phi) is 3.49. The third-order valence-electron chi connectivity index (χ3n) is 1.52. The second kappa shape index (κ2) is 4.64. The number of rotatable bonds is 1. The minimum absolute atomic E-state index is 0.0218. The third kappa shape index (κ3) is 2.48. The predicted octanol–water partition coefficient (Wildman–Crippen LogP) is 2.43. The normalized spacial score (nSPS) is 8.50. The van der Waals surface area contributed by atoms with Gasteiger partial charge in [-0.2, -0.15) is 10.5 Å². The number of phenolic OH excluding ortho intramolecular Hbond substituents is 1. The molecule has 68 valence electrons. The molecule has 0 saturated heterocycles. The summed E-state index contributed by atoms with van der Waals surface area (Å²) in [6.45, 7) is 0. The lowest BCUT2D eigenvalue weighted by Crippen LogP contribution is -1.81. The third-order valence-corrected chi connectivity index (χ3v) is 2.50. The first kappa shape index (κ1) is 10.6. The van der Waals surface area contributed by atoms with Crippen LogP contribution in [0.5, 0.6) is 5.75 Å². The number of halogens is 1. The van der Waals surface area contributed by atoms with Crippen molar-refractivity contribution in [1.29, 1.82) is 10.5 Å². The monoisotopic (exact) mass is 296 g/mol. The van der Waals surface area contributed by atoms with E-state index in [-0.39, 0.29) is 11.3 Å². The summed E-state index contributed by atoms with van der Waals surface area (Å²) in [5.41, 5.74) is 0.692. The Morgan fingerprint density at radius 3 is 2.57 bits per heavy atom. The van der Waals surface area contributed by atoms with Crippen molar-refractivity contribution in [3.8, 4) is 17.9 Å². The van der Waals surface area contributed by atoms with Crippen molar-refractivity contribution in [3.63, 3.8) is 0 Å². The number of hydrogen-bond donors (Lipinski definition) is 1. The van der Waals surface area contributed by atoms with E-state index in [0.29, 0.717) is 5.56 Å². The standard InChI is InChI=1S/C10H5IN2O/c11-10-2-1-9(14)4-8(10)3-7(5-12)6-13/h1-4,14H. The van der Waals surface area contributed by atoms with Crippen LogP contribution in [0.2, 0.25) is 0 Å². The van der Waals surface area contributed by atoms with Crippen LogP contribution >= 0.6 is 22.6 Å². The maximum atomic E-state index is 9.20. The van der Waals surface area contributed by atoms with E-state index in [2.05, 4.69) is 22.6 Å².